The summed E-state index contributed by atoms with van der Waals surface area (Å²) in [6.45, 7) is 5.03. The average molecular weight is 275 g/mol. The van der Waals surface area contributed by atoms with Crippen LogP contribution in [-0.4, -0.2) is 41.2 Å². The van der Waals surface area contributed by atoms with E-state index in [4.69, 9.17) is 4.74 Å². The Morgan fingerprint density at radius 2 is 2.10 bits per heavy atom. The van der Waals surface area contributed by atoms with Crippen LogP contribution in [0.3, 0.4) is 0 Å². The number of carbonyl (C=O) groups excluding carboxylic acids is 1. The molecule has 1 fully saturated rings. The monoisotopic (exact) mass is 275 g/mol. The van der Waals surface area contributed by atoms with Crippen LogP contribution in [0.5, 0.6) is 5.75 Å². The Balaban J connectivity index is 1.92. The molecule has 0 spiro atoms. The average Bonchev–Trinajstić information content (AvgIpc) is 2.84. The number of hydrogen-bond donors (Lipinski definition) is 1. The lowest BCUT2D eigenvalue weighted by Gasteiger charge is -2.12. The third-order valence-electron chi connectivity index (χ3n) is 3.15. The number of β-amino-alcohol motifs (C(OH)–C–C–N with tert-alkyl or cyclic N) is 1. The molecule has 1 N–H and O–H groups in total. The van der Waals surface area contributed by atoms with E-state index in [-0.39, 0.29) is 18.1 Å². The maximum atomic E-state index is 11.9. The van der Waals surface area contributed by atoms with Gasteiger partial charge in [-0.15, -0.1) is 0 Å². The standard InChI is InChI=1S/C16H21NO3/c1-12(2)20-15-6-3-13(4-7-15)5-8-16(19)17-10-9-14(18)11-17/h3-8,12,14,18H,9-11H2,1-2H3/b8-5+/t14-/m1/s1. The Morgan fingerprint density at radius 3 is 2.65 bits per heavy atom. The molecular formula is C16H21NO3. The predicted octanol–water partition coefficient (Wildman–Crippen LogP) is 2.08. The van der Waals surface area contributed by atoms with Crippen molar-refractivity contribution in [3.63, 3.8) is 0 Å². The first kappa shape index (κ1) is 14.6. The van der Waals surface area contributed by atoms with Gasteiger partial charge < -0.3 is 14.7 Å². The van der Waals surface area contributed by atoms with Gasteiger partial charge in [-0.25, -0.2) is 0 Å². The van der Waals surface area contributed by atoms with Crippen molar-refractivity contribution in [1.29, 1.82) is 0 Å². The van der Waals surface area contributed by atoms with E-state index in [1.807, 2.05) is 38.1 Å². The van der Waals surface area contributed by atoms with Crippen LogP contribution in [-0.2, 0) is 4.79 Å². The van der Waals surface area contributed by atoms with Crippen LogP contribution >= 0.6 is 0 Å². The highest BCUT2D eigenvalue weighted by Crippen LogP contribution is 2.15. The van der Waals surface area contributed by atoms with Gasteiger partial charge in [-0.3, -0.25) is 4.79 Å². The van der Waals surface area contributed by atoms with Crippen molar-refractivity contribution in [3.8, 4) is 5.75 Å². The minimum absolute atomic E-state index is 0.0518. The summed E-state index contributed by atoms with van der Waals surface area (Å²) in [5, 5.41) is 9.40. The summed E-state index contributed by atoms with van der Waals surface area (Å²) in [7, 11) is 0. The van der Waals surface area contributed by atoms with Crippen molar-refractivity contribution < 1.29 is 14.6 Å². The molecule has 0 saturated carbocycles. The van der Waals surface area contributed by atoms with Crippen LogP contribution in [0, 0.1) is 0 Å². The molecule has 1 aliphatic heterocycles. The molecule has 1 aromatic rings. The summed E-state index contributed by atoms with van der Waals surface area (Å²) in [5.41, 5.74) is 0.953. The Hall–Kier alpha value is -1.81. The summed E-state index contributed by atoms with van der Waals surface area (Å²) in [5.74, 6) is 0.773. The minimum atomic E-state index is -0.375. The number of likely N-dealkylation sites (tertiary alicyclic amines) is 1. The molecule has 1 amide bonds. The second-order valence-corrected chi connectivity index (χ2v) is 5.30. The quantitative estimate of drug-likeness (QED) is 0.856. The lowest BCUT2D eigenvalue weighted by atomic mass is 10.2. The van der Waals surface area contributed by atoms with Gasteiger partial charge >= 0.3 is 0 Å². The van der Waals surface area contributed by atoms with Crippen LogP contribution in [0.2, 0.25) is 0 Å². The number of hydrogen-bond acceptors (Lipinski definition) is 3. The fourth-order valence-corrected chi connectivity index (χ4v) is 2.14. The number of carbonyl (C=O) groups is 1. The first-order valence-corrected chi connectivity index (χ1v) is 6.96. The van der Waals surface area contributed by atoms with Gasteiger partial charge in [-0.1, -0.05) is 12.1 Å². The van der Waals surface area contributed by atoms with Gasteiger partial charge in [0.1, 0.15) is 5.75 Å². The van der Waals surface area contributed by atoms with E-state index in [0.29, 0.717) is 19.5 Å². The van der Waals surface area contributed by atoms with Gasteiger partial charge in [0.2, 0.25) is 5.91 Å². The summed E-state index contributed by atoms with van der Waals surface area (Å²) in [4.78, 5) is 13.5. The largest absolute Gasteiger partial charge is 0.491 e. The highest BCUT2D eigenvalue weighted by Gasteiger charge is 2.22. The molecule has 0 aliphatic carbocycles. The van der Waals surface area contributed by atoms with E-state index in [0.717, 1.165) is 11.3 Å². The van der Waals surface area contributed by atoms with E-state index in [2.05, 4.69) is 0 Å². The smallest absolute Gasteiger partial charge is 0.246 e. The zero-order valence-corrected chi connectivity index (χ0v) is 12.0. The first-order chi connectivity index (χ1) is 9.54. The molecular weight excluding hydrogens is 254 g/mol. The molecule has 1 atom stereocenters. The van der Waals surface area contributed by atoms with E-state index >= 15 is 0 Å². The third-order valence-corrected chi connectivity index (χ3v) is 3.15. The van der Waals surface area contributed by atoms with Crippen LogP contribution < -0.4 is 4.74 Å². The van der Waals surface area contributed by atoms with Crippen molar-refractivity contribution in [2.45, 2.75) is 32.5 Å². The molecule has 0 unspecified atom stereocenters. The fourth-order valence-electron chi connectivity index (χ4n) is 2.14. The van der Waals surface area contributed by atoms with Crippen LogP contribution in [0.4, 0.5) is 0 Å². The molecule has 20 heavy (non-hydrogen) atoms. The molecule has 1 aliphatic rings. The summed E-state index contributed by atoms with van der Waals surface area (Å²) >= 11 is 0. The van der Waals surface area contributed by atoms with Crippen molar-refractivity contribution in [2.75, 3.05) is 13.1 Å². The molecule has 108 valence electrons. The normalized spacial score (nSPS) is 19.0. The van der Waals surface area contributed by atoms with E-state index in [1.54, 1.807) is 17.1 Å². The lowest BCUT2D eigenvalue weighted by Crippen LogP contribution is -2.27. The molecule has 0 bridgehead atoms. The highest BCUT2D eigenvalue weighted by molar-refractivity contribution is 5.92. The predicted molar refractivity (Wildman–Crippen MR) is 78.4 cm³/mol. The molecule has 1 aromatic carbocycles. The number of amides is 1. The fraction of sp³-hybridized carbons (Fsp3) is 0.438. The molecule has 0 radical (unpaired) electrons. The second-order valence-electron chi connectivity index (χ2n) is 5.30. The minimum Gasteiger partial charge on any atom is -0.491 e. The highest BCUT2D eigenvalue weighted by atomic mass is 16.5. The molecule has 0 aromatic heterocycles. The Kier molecular flexibility index (Phi) is 4.79. The SMILES string of the molecule is CC(C)Oc1ccc(/C=C/C(=O)N2CC[C@@H](O)C2)cc1. The molecule has 1 heterocycles. The zero-order valence-electron chi connectivity index (χ0n) is 12.0. The van der Waals surface area contributed by atoms with Crippen molar-refractivity contribution in [3.05, 3.63) is 35.9 Å². The maximum absolute atomic E-state index is 11.9. The van der Waals surface area contributed by atoms with Gasteiger partial charge in [-0.05, 0) is 44.0 Å². The molecule has 1 saturated heterocycles. The number of nitrogens with zero attached hydrogens (tertiary/aromatic N) is 1. The number of aliphatic hydroxyl groups is 1. The van der Waals surface area contributed by atoms with Gasteiger partial charge in [0.15, 0.2) is 0 Å². The molecule has 4 nitrogen and oxygen atoms in total. The molecule has 2 rings (SSSR count). The third kappa shape index (κ3) is 4.10. The Bertz CT molecular complexity index is 479. The van der Waals surface area contributed by atoms with Crippen molar-refractivity contribution in [1.82, 2.24) is 4.90 Å². The second kappa shape index (κ2) is 6.57. The van der Waals surface area contributed by atoms with Crippen LogP contribution in [0.15, 0.2) is 30.3 Å². The van der Waals surface area contributed by atoms with Crippen LogP contribution in [0.25, 0.3) is 6.08 Å². The topological polar surface area (TPSA) is 49.8 Å². The number of benzene rings is 1. The van der Waals surface area contributed by atoms with Crippen LogP contribution in [0.1, 0.15) is 25.8 Å². The van der Waals surface area contributed by atoms with Crippen molar-refractivity contribution >= 4 is 12.0 Å². The van der Waals surface area contributed by atoms with Gasteiger partial charge in [0, 0.05) is 19.2 Å². The molecule has 4 heteroatoms. The summed E-state index contributed by atoms with van der Waals surface area (Å²) in [6, 6.07) is 7.62. The summed E-state index contributed by atoms with van der Waals surface area (Å²) in [6.07, 6.45) is 3.78. The lowest BCUT2D eigenvalue weighted by molar-refractivity contribution is -0.125. The van der Waals surface area contributed by atoms with E-state index in [1.165, 1.54) is 0 Å². The summed E-state index contributed by atoms with van der Waals surface area (Å²) < 4.78 is 5.56. The Morgan fingerprint density at radius 1 is 1.40 bits per heavy atom. The maximum Gasteiger partial charge on any atom is 0.246 e. The van der Waals surface area contributed by atoms with Crippen molar-refractivity contribution in [2.24, 2.45) is 0 Å². The van der Waals surface area contributed by atoms with E-state index < -0.39 is 0 Å². The number of ether oxygens (including phenoxy) is 1. The number of rotatable bonds is 4. The zero-order chi connectivity index (χ0) is 14.5. The Labute approximate surface area is 119 Å². The van der Waals surface area contributed by atoms with E-state index in [9.17, 15) is 9.90 Å². The number of aliphatic hydroxyl groups excluding tert-OH is 1. The van der Waals surface area contributed by atoms with Gasteiger partial charge in [-0.2, -0.15) is 0 Å². The van der Waals surface area contributed by atoms with Gasteiger partial charge in [0.25, 0.3) is 0 Å². The first-order valence-electron chi connectivity index (χ1n) is 6.96. The van der Waals surface area contributed by atoms with Gasteiger partial charge in [0.05, 0.1) is 12.2 Å².